The van der Waals surface area contributed by atoms with Crippen molar-refractivity contribution in [2.75, 3.05) is 5.75 Å². The van der Waals surface area contributed by atoms with Crippen LogP contribution in [-0.4, -0.2) is 21.8 Å². The number of rotatable bonds is 5. The molecule has 0 saturated carbocycles. The van der Waals surface area contributed by atoms with Crippen molar-refractivity contribution in [3.05, 3.63) is 64.5 Å². The van der Waals surface area contributed by atoms with Crippen molar-refractivity contribution >= 4 is 17.5 Å². The largest absolute Gasteiger partial charge is 0.539 e. The summed E-state index contributed by atoms with van der Waals surface area (Å²) in [4.78, 5) is 17.0. The highest BCUT2D eigenvalue weighted by atomic mass is 32.2. The third kappa shape index (κ3) is 3.87. The van der Waals surface area contributed by atoms with Gasteiger partial charge in [-0.15, -0.1) is 0 Å². The summed E-state index contributed by atoms with van der Waals surface area (Å²) >= 11 is 1.16. The second-order valence-corrected chi connectivity index (χ2v) is 7.92. The molecule has 2 heterocycles. The molecule has 146 valence electrons. The maximum absolute atomic E-state index is 12.4. The minimum Gasteiger partial charge on any atom is -0.539 e. The fourth-order valence-electron chi connectivity index (χ4n) is 3.66. The number of nitrogens with zero attached hydrogens (tertiary/aromatic N) is 4. The predicted octanol–water partition coefficient (Wildman–Crippen LogP) is 2.09. The summed E-state index contributed by atoms with van der Waals surface area (Å²) in [5.74, 6) is -0.765. The van der Waals surface area contributed by atoms with Crippen LogP contribution in [0.4, 0.5) is 0 Å². The maximum Gasteiger partial charge on any atom is 0.300 e. The highest BCUT2D eigenvalue weighted by molar-refractivity contribution is 8.00. The molecule has 0 N–H and O–H groups in total. The number of aromatic nitrogens is 3. The number of Topliss-reactive ketones (excluding diaryl/α,β-unsaturated/α-hetero) is 1. The van der Waals surface area contributed by atoms with Gasteiger partial charge in [-0.3, -0.25) is 4.79 Å². The SMILES string of the molecule is C[n+]1noc([O-])c1C(=O)CSc1nc2c(cc1C#N)CC(c1ccccc1)CC2. The van der Waals surface area contributed by atoms with Crippen molar-refractivity contribution in [1.82, 2.24) is 10.3 Å². The van der Waals surface area contributed by atoms with Gasteiger partial charge in [0.05, 0.1) is 16.6 Å². The van der Waals surface area contributed by atoms with Gasteiger partial charge in [0.2, 0.25) is 5.78 Å². The van der Waals surface area contributed by atoms with Crippen LogP contribution in [-0.2, 0) is 19.9 Å². The smallest absolute Gasteiger partial charge is 0.300 e. The van der Waals surface area contributed by atoms with E-state index in [2.05, 4.69) is 33.0 Å². The Bertz CT molecular complexity index is 1090. The van der Waals surface area contributed by atoms with Crippen LogP contribution in [0.2, 0.25) is 0 Å². The molecular weight excluding hydrogens is 388 g/mol. The zero-order valence-electron chi connectivity index (χ0n) is 15.8. The van der Waals surface area contributed by atoms with Crippen molar-refractivity contribution in [2.24, 2.45) is 7.05 Å². The number of fused-ring (bicyclic) bond motifs is 1. The Labute approximate surface area is 172 Å². The summed E-state index contributed by atoms with van der Waals surface area (Å²) in [7, 11) is 1.48. The monoisotopic (exact) mass is 406 g/mol. The van der Waals surface area contributed by atoms with E-state index in [-0.39, 0.29) is 11.4 Å². The minimum absolute atomic E-state index is 0.0165. The van der Waals surface area contributed by atoms with E-state index in [1.54, 1.807) is 0 Å². The fourth-order valence-corrected chi connectivity index (χ4v) is 4.50. The van der Waals surface area contributed by atoms with E-state index in [9.17, 15) is 15.2 Å². The highest BCUT2D eigenvalue weighted by Gasteiger charge is 2.25. The molecule has 1 atom stereocenters. The molecule has 0 radical (unpaired) electrons. The topological polar surface area (TPSA) is 107 Å². The summed E-state index contributed by atoms with van der Waals surface area (Å²) in [6.07, 6.45) is 2.67. The number of hydrogen-bond acceptors (Lipinski definition) is 7. The van der Waals surface area contributed by atoms with E-state index in [0.29, 0.717) is 16.5 Å². The fraction of sp³-hybridized carbons (Fsp3) is 0.286. The lowest BCUT2D eigenvalue weighted by molar-refractivity contribution is -0.741. The lowest BCUT2D eigenvalue weighted by atomic mass is 9.82. The van der Waals surface area contributed by atoms with Crippen LogP contribution in [0.1, 0.15) is 45.2 Å². The van der Waals surface area contributed by atoms with E-state index in [4.69, 9.17) is 0 Å². The first kappa shape index (κ1) is 19.2. The standard InChI is InChI=1S/C21H18N4O3S/c1-25-19(21(27)28-24-25)18(26)12-29-20-16(11-22)10-15-9-14(7-8-17(15)23-20)13-5-3-2-4-6-13/h2-6,10,14H,7-9,12H2,1H3. The molecule has 1 aliphatic rings. The molecule has 0 spiro atoms. The van der Waals surface area contributed by atoms with Crippen molar-refractivity contribution in [2.45, 2.75) is 30.2 Å². The Kier molecular flexibility index (Phi) is 5.32. The quantitative estimate of drug-likeness (QED) is 0.363. The van der Waals surface area contributed by atoms with Gasteiger partial charge in [0.25, 0.3) is 5.69 Å². The number of nitriles is 1. The first-order chi connectivity index (χ1) is 14.1. The number of aryl methyl sites for hydroxylation is 2. The predicted molar refractivity (Wildman–Crippen MR) is 102 cm³/mol. The second-order valence-electron chi connectivity index (χ2n) is 6.95. The lowest BCUT2D eigenvalue weighted by Gasteiger charge is -2.25. The number of carbonyl (C=O) groups excluding carboxylic acids is 1. The van der Waals surface area contributed by atoms with Crippen molar-refractivity contribution in [3.8, 4) is 12.0 Å². The van der Waals surface area contributed by atoms with Gasteiger partial charge < -0.3 is 9.63 Å². The number of carbonyl (C=O) groups is 1. The van der Waals surface area contributed by atoms with Crippen LogP contribution >= 0.6 is 11.8 Å². The summed E-state index contributed by atoms with van der Waals surface area (Å²) in [6, 6.07) is 14.5. The molecule has 0 amide bonds. The van der Waals surface area contributed by atoms with E-state index in [0.717, 1.165) is 47.0 Å². The molecule has 7 nitrogen and oxygen atoms in total. The van der Waals surface area contributed by atoms with Crippen molar-refractivity contribution < 1.29 is 19.1 Å². The molecule has 1 aromatic carbocycles. The third-order valence-corrected chi connectivity index (χ3v) is 6.10. The van der Waals surface area contributed by atoms with E-state index >= 15 is 0 Å². The van der Waals surface area contributed by atoms with Crippen molar-refractivity contribution in [1.29, 1.82) is 5.26 Å². The first-order valence-corrected chi connectivity index (χ1v) is 10.2. The summed E-state index contributed by atoms with van der Waals surface area (Å²) in [6.45, 7) is 0. The molecule has 3 aromatic rings. The lowest BCUT2D eigenvalue weighted by Crippen LogP contribution is -2.37. The molecule has 0 saturated heterocycles. The molecule has 0 fully saturated rings. The van der Waals surface area contributed by atoms with Crippen LogP contribution in [0.3, 0.4) is 0 Å². The average molecular weight is 406 g/mol. The molecule has 1 aliphatic carbocycles. The Morgan fingerprint density at radius 1 is 1.41 bits per heavy atom. The molecule has 4 rings (SSSR count). The van der Waals surface area contributed by atoms with E-state index in [1.807, 2.05) is 24.3 Å². The van der Waals surface area contributed by atoms with E-state index in [1.165, 1.54) is 12.6 Å². The zero-order chi connectivity index (χ0) is 20.4. The molecular formula is C21H18N4O3S. The van der Waals surface area contributed by atoms with E-state index < -0.39 is 11.7 Å². The average Bonchev–Trinajstić information content (AvgIpc) is 3.09. The highest BCUT2D eigenvalue weighted by Crippen LogP contribution is 2.34. The Morgan fingerprint density at radius 3 is 2.90 bits per heavy atom. The second kappa shape index (κ2) is 8.05. The summed E-state index contributed by atoms with van der Waals surface area (Å²) < 4.78 is 5.62. The molecule has 1 unspecified atom stereocenters. The zero-order valence-corrected chi connectivity index (χ0v) is 16.6. The third-order valence-electron chi connectivity index (χ3n) is 5.11. The van der Waals surface area contributed by atoms with Gasteiger partial charge in [-0.05, 0) is 42.4 Å². The number of hydrogen-bond donors (Lipinski definition) is 0. The summed E-state index contributed by atoms with van der Waals surface area (Å²) in [5, 5.41) is 25.1. The normalized spacial score (nSPS) is 15.5. The maximum atomic E-state index is 12.4. The van der Waals surface area contributed by atoms with Crippen LogP contribution in [0.25, 0.3) is 0 Å². The Balaban J connectivity index is 1.53. The van der Waals surface area contributed by atoms with Gasteiger partial charge in [-0.1, -0.05) is 46.8 Å². The number of pyridine rings is 1. The first-order valence-electron chi connectivity index (χ1n) is 9.23. The number of ketones is 1. The molecule has 0 bridgehead atoms. The van der Waals surface area contributed by atoms with Crippen LogP contribution in [0, 0.1) is 11.3 Å². The number of benzene rings is 1. The molecule has 2 aromatic heterocycles. The molecule has 29 heavy (non-hydrogen) atoms. The Hall–Kier alpha value is -3.18. The van der Waals surface area contributed by atoms with Gasteiger partial charge in [0.1, 0.15) is 11.1 Å². The minimum atomic E-state index is -0.760. The molecule has 0 aliphatic heterocycles. The van der Waals surface area contributed by atoms with Gasteiger partial charge in [0.15, 0.2) is 13.0 Å². The number of thioether (sulfide) groups is 1. The van der Waals surface area contributed by atoms with Gasteiger partial charge in [-0.25, -0.2) is 4.98 Å². The van der Waals surface area contributed by atoms with Gasteiger partial charge >= 0.3 is 0 Å². The summed E-state index contributed by atoms with van der Waals surface area (Å²) in [5.41, 5.74) is 3.71. The van der Waals surface area contributed by atoms with Crippen LogP contribution in [0.15, 0.2) is 45.9 Å². The van der Waals surface area contributed by atoms with Crippen LogP contribution < -0.4 is 9.79 Å². The Morgan fingerprint density at radius 2 is 2.21 bits per heavy atom. The van der Waals surface area contributed by atoms with Gasteiger partial charge in [0, 0.05) is 5.69 Å². The van der Waals surface area contributed by atoms with Crippen LogP contribution in [0.5, 0.6) is 5.95 Å². The van der Waals surface area contributed by atoms with Gasteiger partial charge in [-0.2, -0.15) is 5.26 Å². The molecule has 8 heteroatoms. The van der Waals surface area contributed by atoms with Crippen molar-refractivity contribution in [3.63, 3.8) is 0 Å².